The van der Waals surface area contributed by atoms with Crippen molar-refractivity contribution < 1.29 is 9.52 Å². The van der Waals surface area contributed by atoms with Crippen LogP contribution in [0.1, 0.15) is 43.8 Å². The van der Waals surface area contributed by atoms with Crippen LogP contribution in [0.5, 0.6) is 0 Å². The zero-order valence-electron chi connectivity index (χ0n) is 12.4. The van der Waals surface area contributed by atoms with Gasteiger partial charge in [-0.15, -0.1) is 0 Å². The number of furan rings is 1. The second-order valence-electron chi connectivity index (χ2n) is 6.11. The molecule has 0 spiro atoms. The zero-order chi connectivity index (χ0) is 14.6. The van der Waals surface area contributed by atoms with E-state index in [1.807, 2.05) is 0 Å². The van der Waals surface area contributed by atoms with Crippen molar-refractivity contribution >= 4 is 0 Å². The number of hydrogen-bond donors (Lipinski definition) is 2. The Bertz CT molecular complexity index is 509. The van der Waals surface area contributed by atoms with Crippen LogP contribution in [0, 0.1) is 0 Å². The van der Waals surface area contributed by atoms with Gasteiger partial charge in [0.15, 0.2) is 0 Å². The number of benzene rings is 1. The molecular weight excluding hydrogens is 250 g/mol. The largest absolute Gasteiger partial charge is 0.467 e. The van der Waals surface area contributed by atoms with E-state index in [-0.39, 0.29) is 5.41 Å². The average molecular weight is 273 g/mol. The van der Waals surface area contributed by atoms with Gasteiger partial charge in [-0.2, -0.15) is 0 Å². The van der Waals surface area contributed by atoms with Crippen molar-refractivity contribution in [2.24, 2.45) is 0 Å². The Hall–Kier alpha value is -1.58. The van der Waals surface area contributed by atoms with Crippen molar-refractivity contribution in [2.75, 3.05) is 6.54 Å². The molecule has 0 bridgehead atoms. The highest BCUT2D eigenvalue weighted by Gasteiger charge is 2.13. The first-order chi connectivity index (χ1) is 9.47. The van der Waals surface area contributed by atoms with E-state index >= 15 is 0 Å². The molecule has 1 aromatic carbocycles. The maximum atomic E-state index is 9.88. The van der Waals surface area contributed by atoms with Gasteiger partial charge in [0.1, 0.15) is 11.9 Å². The molecule has 1 atom stereocenters. The van der Waals surface area contributed by atoms with Crippen LogP contribution in [0.4, 0.5) is 0 Å². The number of hydrogen-bond acceptors (Lipinski definition) is 3. The zero-order valence-corrected chi connectivity index (χ0v) is 12.4. The Balaban J connectivity index is 1.83. The standard InChI is InChI=1S/C17H23NO2/c1-17(2,3)14-8-6-13(7-9-14)11-18-12-15(19)16-5-4-10-20-16/h4-10,15,18-19H,11-12H2,1-3H3. The van der Waals surface area contributed by atoms with Gasteiger partial charge in [0.25, 0.3) is 0 Å². The van der Waals surface area contributed by atoms with Gasteiger partial charge in [-0.25, -0.2) is 0 Å². The van der Waals surface area contributed by atoms with Crippen LogP contribution in [-0.4, -0.2) is 11.7 Å². The van der Waals surface area contributed by atoms with E-state index < -0.39 is 6.10 Å². The minimum Gasteiger partial charge on any atom is -0.467 e. The molecule has 1 unspecified atom stereocenters. The van der Waals surface area contributed by atoms with Gasteiger partial charge in [0.05, 0.1) is 6.26 Å². The molecule has 0 saturated heterocycles. The van der Waals surface area contributed by atoms with Crippen LogP contribution in [0.15, 0.2) is 47.1 Å². The monoisotopic (exact) mass is 273 g/mol. The van der Waals surface area contributed by atoms with Crippen LogP contribution < -0.4 is 5.32 Å². The highest BCUT2D eigenvalue weighted by molar-refractivity contribution is 5.27. The fourth-order valence-electron chi connectivity index (χ4n) is 2.06. The van der Waals surface area contributed by atoms with Crippen molar-refractivity contribution in [3.05, 3.63) is 59.5 Å². The van der Waals surface area contributed by atoms with Gasteiger partial charge >= 0.3 is 0 Å². The van der Waals surface area contributed by atoms with Crippen LogP contribution in [0.3, 0.4) is 0 Å². The van der Waals surface area contributed by atoms with Crippen molar-refractivity contribution in [3.63, 3.8) is 0 Å². The van der Waals surface area contributed by atoms with Crippen molar-refractivity contribution in [2.45, 2.75) is 38.8 Å². The summed E-state index contributed by atoms with van der Waals surface area (Å²) in [5, 5.41) is 13.1. The van der Waals surface area contributed by atoms with Gasteiger partial charge in [-0.3, -0.25) is 0 Å². The normalized spacial score (nSPS) is 13.4. The smallest absolute Gasteiger partial charge is 0.133 e. The van der Waals surface area contributed by atoms with Crippen LogP contribution in [0.25, 0.3) is 0 Å². The molecular formula is C17H23NO2. The van der Waals surface area contributed by atoms with Gasteiger partial charge in [-0.05, 0) is 28.7 Å². The summed E-state index contributed by atoms with van der Waals surface area (Å²) in [6, 6.07) is 12.2. The van der Waals surface area contributed by atoms with E-state index in [0.717, 1.165) is 6.54 Å². The summed E-state index contributed by atoms with van der Waals surface area (Å²) >= 11 is 0. The highest BCUT2D eigenvalue weighted by atomic mass is 16.4. The second-order valence-corrected chi connectivity index (χ2v) is 6.11. The molecule has 0 aliphatic carbocycles. The fraction of sp³-hybridized carbons (Fsp3) is 0.412. The van der Waals surface area contributed by atoms with E-state index in [1.165, 1.54) is 11.1 Å². The Kier molecular flexibility index (Phi) is 4.63. The fourth-order valence-corrected chi connectivity index (χ4v) is 2.06. The van der Waals surface area contributed by atoms with Gasteiger partial charge in [0.2, 0.25) is 0 Å². The second kappa shape index (κ2) is 6.25. The molecule has 0 aliphatic rings. The van der Waals surface area contributed by atoms with Gasteiger partial charge < -0.3 is 14.8 Å². The maximum Gasteiger partial charge on any atom is 0.133 e. The Morgan fingerprint density at radius 2 is 1.85 bits per heavy atom. The molecule has 20 heavy (non-hydrogen) atoms. The van der Waals surface area contributed by atoms with Gasteiger partial charge in [-0.1, -0.05) is 45.0 Å². The molecule has 2 aromatic rings. The lowest BCUT2D eigenvalue weighted by Gasteiger charge is -2.19. The number of nitrogens with one attached hydrogen (secondary N) is 1. The molecule has 108 valence electrons. The molecule has 2 rings (SSSR count). The minimum atomic E-state index is -0.598. The predicted molar refractivity (Wildman–Crippen MR) is 80.5 cm³/mol. The van der Waals surface area contributed by atoms with Crippen LogP contribution in [0.2, 0.25) is 0 Å². The predicted octanol–water partition coefficient (Wildman–Crippen LogP) is 3.40. The summed E-state index contributed by atoms with van der Waals surface area (Å²) in [5.41, 5.74) is 2.73. The Morgan fingerprint density at radius 1 is 1.15 bits per heavy atom. The first-order valence-corrected chi connectivity index (χ1v) is 6.98. The molecule has 0 aliphatic heterocycles. The van der Waals surface area contributed by atoms with Crippen LogP contribution >= 0.6 is 0 Å². The molecule has 1 aromatic heterocycles. The summed E-state index contributed by atoms with van der Waals surface area (Å²) in [7, 11) is 0. The number of aliphatic hydroxyl groups excluding tert-OH is 1. The lowest BCUT2D eigenvalue weighted by Crippen LogP contribution is -2.21. The summed E-state index contributed by atoms with van der Waals surface area (Å²) in [4.78, 5) is 0. The molecule has 3 nitrogen and oxygen atoms in total. The van der Waals surface area contributed by atoms with Crippen molar-refractivity contribution in [1.82, 2.24) is 5.32 Å². The van der Waals surface area contributed by atoms with Gasteiger partial charge in [0, 0.05) is 13.1 Å². The summed E-state index contributed by atoms with van der Waals surface area (Å²) in [6.07, 6.45) is 0.975. The molecule has 0 amide bonds. The minimum absolute atomic E-state index is 0.182. The molecule has 1 heterocycles. The lowest BCUT2D eigenvalue weighted by atomic mass is 9.87. The maximum absolute atomic E-state index is 9.88. The van der Waals surface area contributed by atoms with Crippen molar-refractivity contribution in [1.29, 1.82) is 0 Å². The third-order valence-corrected chi connectivity index (χ3v) is 3.36. The quantitative estimate of drug-likeness (QED) is 0.877. The SMILES string of the molecule is CC(C)(C)c1ccc(CNCC(O)c2ccco2)cc1. The molecule has 0 radical (unpaired) electrons. The average Bonchev–Trinajstić information content (AvgIpc) is 2.92. The molecule has 2 N–H and O–H groups in total. The van der Waals surface area contributed by atoms with E-state index in [0.29, 0.717) is 12.3 Å². The van der Waals surface area contributed by atoms with Crippen molar-refractivity contribution in [3.8, 4) is 0 Å². The Labute approximate surface area is 120 Å². The Morgan fingerprint density at radius 3 is 2.40 bits per heavy atom. The van der Waals surface area contributed by atoms with Crippen LogP contribution in [-0.2, 0) is 12.0 Å². The number of rotatable bonds is 5. The molecule has 0 saturated carbocycles. The first-order valence-electron chi connectivity index (χ1n) is 6.98. The topological polar surface area (TPSA) is 45.4 Å². The van der Waals surface area contributed by atoms with E-state index in [9.17, 15) is 5.11 Å². The third-order valence-electron chi connectivity index (χ3n) is 3.36. The third kappa shape index (κ3) is 3.95. The van der Waals surface area contributed by atoms with E-state index in [2.05, 4.69) is 50.4 Å². The summed E-state index contributed by atoms with van der Waals surface area (Å²) in [5.74, 6) is 0.598. The van der Waals surface area contributed by atoms with E-state index in [4.69, 9.17) is 4.42 Å². The molecule has 3 heteroatoms. The lowest BCUT2D eigenvalue weighted by molar-refractivity contribution is 0.147. The molecule has 0 fully saturated rings. The number of aliphatic hydroxyl groups is 1. The highest BCUT2D eigenvalue weighted by Crippen LogP contribution is 2.22. The van der Waals surface area contributed by atoms with E-state index in [1.54, 1.807) is 18.4 Å². The summed E-state index contributed by atoms with van der Waals surface area (Å²) in [6.45, 7) is 7.84. The first kappa shape index (κ1) is 14.8. The summed E-state index contributed by atoms with van der Waals surface area (Å²) < 4.78 is 5.16.